The number of hydrogen-bond acceptors (Lipinski definition) is 13. The highest BCUT2D eigenvalue weighted by Gasteiger charge is 2.21. The van der Waals surface area contributed by atoms with Crippen molar-refractivity contribution in [2.45, 2.75) is 60.0 Å². The Morgan fingerprint density at radius 2 is 1.18 bits per heavy atom. The van der Waals surface area contributed by atoms with Crippen LogP contribution >= 0.6 is 23.5 Å². The van der Waals surface area contributed by atoms with Gasteiger partial charge in [-0.3, -0.25) is 0 Å². The van der Waals surface area contributed by atoms with Gasteiger partial charge < -0.3 is 35.8 Å². The molecule has 2 heterocycles. The second kappa shape index (κ2) is 26.3. The average Bonchev–Trinajstić information content (AvgIpc) is 3.54. The molecule has 414 valence electrons. The highest BCUT2D eigenvalue weighted by Crippen LogP contribution is 2.40. The van der Waals surface area contributed by atoms with Gasteiger partial charge in [-0.15, -0.1) is 0 Å². The van der Waals surface area contributed by atoms with E-state index in [1.54, 1.807) is 31.4 Å². The van der Waals surface area contributed by atoms with Gasteiger partial charge in [-0.2, -0.15) is 9.97 Å². The number of nitrogens with zero attached hydrogens (tertiary/aromatic N) is 5. The topological polar surface area (TPSA) is 175 Å². The Morgan fingerprint density at radius 3 is 1.84 bits per heavy atom. The summed E-state index contributed by atoms with van der Waals surface area (Å²) in [5.74, 6) is 1.06. The minimum absolute atomic E-state index is 0.169. The molecule has 0 bridgehead atoms. The van der Waals surface area contributed by atoms with Crippen LogP contribution in [0.25, 0.3) is 32.9 Å². The number of aromatic nitrogens is 4. The lowest BCUT2D eigenvalue weighted by atomic mass is 10.0. The SMILES string of the molecule is C=C/C=C\C(Nc1nc(NCc2ccccc2Sc2ccccc2C(=O)O)nc2ccc(-c3ccc(C(=O)O)c(Sc4ccccc4CNc4nc(N(Cc5ccccc5)c5ccc(OC)cc5)c5ccccc5n4)c3)cc12)=C(/C)C(C)C. The molecular formula is C68H60N8O5S2. The fourth-order valence-electron chi connectivity index (χ4n) is 9.30. The van der Waals surface area contributed by atoms with Gasteiger partial charge in [0.25, 0.3) is 0 Å². The van der Waals surface area contributed by atoms with Crippen molar-refractivity contribution < 1.29 is 24.5 Å². The van der Waals surface area contributed by atoms with Crippen molar-refractivity contribution in [3.63, 3.8) is 0 Å². The van der Waals surface area contributed by atoms with Crippen LogP contribution in [0.4, 0.5) is 29.2 Å². The van der Waals surface area contributed by atoms with Gasteiger partial charge in [0.2, 0.25) is 11.9 Å². The third-order valence-electron chi connectivity index (χ3n) is 14.0. The van der Waals surface area contributed by atoms with Crippen molar-refractivity contribution in [2.24, 2.45) is 5.92 Å². The first-order valence-corrected chi connectivity index (χ1v) is 28.6. The standard InChI is InChI=1S/C68H60N8O5S2/c1-6-7-25-56(44(4)43(2)3)71-63-55-38-46(31-37-58(55)73-67(74-63)69-40-48-21-11-16-27-59(48)82-61-29-18-14-24-53(61)65(77)78)47-30-36-54(66(79)80)62(39-47)83-60-28-17-12-22-49(60)41-70-68-72-57-26-15-13-23-52(57)64(75-68)76(42-45-19-9-8-10-20-45)50-32-34-51(81-5)35-33-50/h6-39,43H,1,40-42H2,2-5H3,(H,77,78)(H,79,80)(H,70,72,75)(H2,69,71,73,74)/b25-7-,56-44-. The number of nitrogens with one attached hydrogen (secondary N) is 3. The molecule has 10 rings (SSSR count). The maximum absolute atomic E-state index is 13.0. The normalized spacial score (nSPS) is 11.6. The van der Waals surface area contributed by atoms with Crippen molar-refractivity contribution >= 4 is 86.5 Å². The van der Waals surface area contributed by atoms with E-state index < -0.39 is 11.9 Å². The lowest BCUT2D eigenvalue weighted by Gasteiger charge is -2.26. The number of ether oxygens (including phenoxy) is 1. The highest BCUT2D eigenvalue weighted by atomic mass is 32.2. The maximum atomic E-state index is 13.0. The Labute approximate surface area is 491 Å². The number of methoxy groups -OCH3 is 1. The van der Waals surface area contributed by atoms with Crippen LogP contribution in [0.3, 0.4) is 0 Å². The fourth-order valence-corrected chi connectivity index (χ4v) is 11.5. The predicted molar refractivity (Wildman–Crippen MR) is 336 cm³/mol. The second-order valence-electron chi connectivity index (χ2n) is 19.7. The van der Waals surface area contributed by atoms with Crippen LogP contribution in [0, 0.1) is 5.92 Å². The monoisotopic (exact) mass is 1130 g/mol. The Morgan fingerprint density at radius 1 is 0.614 bits per heavy atom. The van der Waals surface area contributed by atoms with Crippen LogP contribution in [-0.4, -0.2) is 49.2 Å². The number of hydrogen-bond donors (Lipinski definition) is 5. The molecule has 0 aliphatic heterocycles. The lowest BCUT2D eigenvalue weighted by molar-refractivity contribution is 0.0682. The first kappa shape index (κ1) is 56.6. The molecule has 5 N–H and O–H groups in total. The fraction of sp³-hybridized carbons (Fsp3) is 0.118. The Bertz CT molecular complexity index is 4080. The Hall–Kier alpha value is -9.70. The van der Waals surface area contributed by atoms with E-state index in [2.05, 4.69) is 60.3 Å². The summed E-state index contributed by atoms with van der Waals surface area (Å²) in [6.07, 6.45) is 5.60. The summed E-state index contributed by atoms with van der Waals surface area (Å²) in [6.45, 7) is 11.5. The molecule has 0 saturated carbocycles. The van der Waals surface area contributed by atoms with Crippen molar-refractivity contribution in [1.29, 1.82) is 0 Å². The summed E-state index contributed by atoms with van der Waals surface area (Å²) in [5, 5.41) is 32.8. The van der Waals surface area contributed by atoms with Crippen LogP contribution in [-0.2, 0) is 19.6 Å². The molecule has 10 aromatic rings. The van der Waals surface area contributed by atoms with Crippen LogP contribution in [0.5, 0.6) is 5.75 Å². The number of allylic oxidation sites excluding steroid dienone is 4. The zero-order chi connectivity index (χ0) is 57.8. The Kier molecular flexibility index (Phi) is 17.9. The molecule has 2 aromatic heterocycles. The number of para-hydroxylation sites is 1. The van der Waals surface area contributed by atoms with E-state index in [-0.39, 0.29) is 17.0 Å². The molecule has 0 unspecified atom stereocenters. The molecule has 0 radical (unpaired) electrons. The molecule has 0 amide bonds. The summed E-state index contributed by atoms with van der Waals surface area (Å²) in [7, 11) is 1.66. The van der Waals surface area contributed by atoms with Gasteiger partial charge in [0.15, 0.2) is 0 Å². The van der Waals surface area contributed by atoms with E-state index in [0.29, 0.717) is 52.7 Å². The van der Waals surface area contributed by atoms with Gasteiger partial charge in [-0.05, 0) is 137 Å². The molecule has 0 aliphatic rings. The number of anilines is 5. The molecule has 83 heavy (non-hydrogen) atoms. The average molecular weight is 1130 g/mol. The van der Waals surface area contributed by atoms with E-state index in [0.717, 1.165) is 82.4 Å². The number of carbonyl (C=O) groups is 2. The maximum Gasteiger partial charge on any atom is 0.336 e. The van der Waals surface area contributed by atoms with Crippen molar-refractivity contribution in [1.82, 2.24) is 19.9 Å². The van der Waals surface area contributed by atoms with Crippen molar-refractivity contribution in [2.75, 3.05) is 28.0 Å². The number of benzene rings is 8. The number of carboxylic acids is 2. The van der Waals surface area contributed by atoms with E-state index in [1.165, 1.54) is 23.5 Å². The summed E-state index contributed by atoms with van der Waals surface area (Å²) in [4.78, 5) is 50.5. The van der Waals surface area contributed by atoms with E-state index in [1.807, 2.05) is 170 Å². The van der Waals surface area contributed by atoms with E-state index >= 15 is 0 Å². The smallest absolute Gasteiger partial charge is 0.336 e. The van der Waals surface area contributed by atoms with Crippen LogP contribution in [0.2, 0.25) is 0 Å². The summed E-state index contributed by atoms with van der Waals surface area (Å²) in [6, 6.07) is 60.4. The van der Waals surface area contributed by atoms with Crippen LogP contribution in [0.15, 0.2) is 244 Å². The molecule has 0 aliphatic carbocycles. The Balaban J connectivity index is 0.960. The first-order chi connectivity index (χ1) is 40.4. The third-order valence-corrected chi connectivity index (χ3v) is 16.3. The van der Waals surface area contributed by atoms with Crippen molar-refractivity contribution in [3.05, 3.63) is 252 Å². The number of fused-ring (bicyclic) bond motifs is 2. The summed E-state index contributed by atoms with van der Waals surface area (Å²) in [5.41, 5.74) is 9.37. The molecule has 0 saturated heterocycles. The zero-order valence-corrected chi connectivity index (χ0v) is 47.8. The minimum atomic E-state index is -1.04. The molecule has 13 nitrogen and oxygen atoms in total. The molecule has 0 fully saturated rings. The lowest BCUT2D eigenvalue weighted by Crippen LogP contribution is -2.19. The number of carboxylic acid groups (broad SMARTS) is 2. The van der Waals surface area contributed by atoms with Crippen LogP contribution < -0.4 is 25.6 Å². The molecule has 0 atom stereocenters. The quantitative estimate of drug-likeness (QED) is 0.0382. The summed E-state index contributed by atoms with van der Waals surface area (Å²) >= 11 is 2.78. The summed E-state index contributed by atoms with van der Waals surface area (Å²) < 4.78 is 5.51. The zero-order valence-electron chi connectivity index (χ0n) is 46.2. The largest absolute Gasteiger partial charge is 0.497 e. The van der Waals surface area contributed by atoms with E-state index in [4.69, 9.17) is 24.7 Å². The second-order valence-corrected chi connectivity index (χ2v) is 21.9. The number of aromatic carboxylic acids is 2. The highest BCUT2D eigenvalue weighted by molar-refractivity contribution is 7.99. The minimum Gasteiger partial charge on any atom is -0.497 e. The van der Waals surface area contributed by atoms with Gasteiger partial charge in [0, 0.05) is 61.4 Å². The van der Waals surface area contributed by atoms with Gasteiger partial charge in [-0.25, -0.2) is 19.6 Å². The predicted octanol–water partition coefficient (Wildman–Crippen LogP) is 16.6. The third kappa shape index (κ3) is 13.6. The molecule has 8 aromatic carbocycles. The van der Waals surface area contributed by atoms with Gasteiger partial charge in [0.05, 0.1) is 29.3 Å². The molecule has 15 heteroatoms. The van der Waals surface area contributed by atoms with E-state index in [9.17, 15) is 19.8 Å². The number of rotatable bonds is 23. The van der Waals surface area contributed by atoms with Crippen molar-refractivity contribution in [3.8, 4) is 16.9 Å². The molecular weight excluding hydrogens is 1070 g/mol. The first-order valence-electron chi connectivity index (χ1n) is 26.9. The van der Waals surface area contributed by atoms with Gasteiger partial charge in [-0.1, -0.05) is 159 Å². The van der Waals surface area contributed by atoms with Crippen LogP contribution in [0.1, 0.15) is 58.2 Å². The molecule has 0 spiro atoms. The van der Waals surface area contributed by atoms with Gasteiger partial charge in [0.1, 0.15) is 17.4 Å². The van der Waals surface area contributed by atoms with Gasteiger partial charge >= 0.3 is 11.9 Å².